The number of hydrogen-bond acceptors (Lipinski definition) is 4. The van der Waals surface area contributed by atoms with Crippen LogP contribution in [0, 0.1) is 16.0 Å². The molecular weight excluding hydrogens is 268 g/mol. The number of nitro groups is 1. The summed E-state index contributed by atoms with van der Waals surface area (Å²) in [5.41, 5.74) is 0.639. The fourth-order valence-corrected chi connectivity index (χ4v) is 3.18. The van der Waals surface area contributed by atoms with E-state index in [-0.39, 0.29) is 5.69 Å². The molecule has 0 bridgehead atoms. The first-order chi connectivity index (χ1) is 9.97. The normalized spacial score (nSPS) is 24.0. The van der Waals surface area contributed by atoms with Crippen molar-refractivity contribution in [3.05, 3.63) is 39.9 Å². The lowest BCUT2D eigenvalue weighted by molar-refractivity contribution is -0.385. The van der Waals surface area contributed by atoms with Gasteiger partial charge in [-0.05, 0) is 31.4 Å². The van der Waals surface area contributed by atoms with Gasteiger partial charge in [-0.15, -0.1) is 0 Å². The highest BCUT2D eigenvalue weighted by atomic mass is 16.6. The Morgan fingerprint density at radius 3 is 2.90 bits per heavy atom. The number of rotatable bonds is 5. The van der Waals surface area contributed by atoms with Crippen molar-refractivity contribution in [3.8, 4) is 0 Å². The lowest BCUT2D eigenvalue weighted by atomic mass is 9.86. The lowest BCUT2D eigenvalue weighted by Gasteiger charge is -2.35. The molecule has 1 aromatic carbocycles. The van der Waals surface area contributed by atoms with Gasteiger partial charge in [-0.1, -0.05) is 31.9 Å². The molecule has 0 aromatic heterocycles. The molecule has 1 N–H and O–H groups in total. The van der Waals surface area contributed by atoms with Crippen molar-refractivity contribution in [2.45, 2.75) is 44.8 Å². The van der Waals surface area contributed by atoms with Gasteiger partial charge in [0.05, 0.1) is 11.0 Å². The van der Waals surface area contributed by atoms with Crippen molar-refractivity contribution in [1.82, 2.24) is 4.90 Å². The van der Waals surface area contributed by atoms with Gasteiger partial charge in [-0.2, -0.15) is 0 Å². The number of non-ortho nitro benzene ring substituents is 1. The first kappa shape index (κ1) is 15.9. The zero-order valence-corrected chi connectivity index (χ0v) is 12.7. The molecule has 5 nitrogen and oxygen atoms in total. The summed E-state index contributed by atoms with van der Waals surface area (Å²) in [5, 5.41) is 21.1. The first-order valence-electron chi connectivity index (χ1n) is 7.60. The molecule has 1 aliphatic carbocycles. The summed E-state index contributed by atoms with van der Waals surface area (Å²) in [6, 6.07) is 6.78. The first-order valence-corrected chi connectivity index (χ1v) is 7.60. The van der Waals surface area contributed by atoms with Crippen LogP contribution >= 0.6 is 0 Å². The molecule has 0 aliphatic heterocycles. The highest BCUT2D eigenvalue weighted by Crippen LogP contribution is 2.28. The van der Waals surface area contributed by atoms with Gasteiger partial charge < -0.3 is 10.0 Å². The van der Waals surface area contributed by atoms with Gasteiger partial charge in [-0.3, -0.25) is 10.1 Å². The van der Waals surface area contributed by atoms with Crippen LogP contribution in [0.15, 0.2) is 24.3 Å². The zero-order chi connectivity index (χ0) is 15.4. The Bertz CT molecular complexity index is 492. The van der Waals surface area contributed by atoms with Crippen molar-refractivity contribution in [2.24, 2.45) is 5.92 Å². The maximum atomic E-state index is 10.8. The fraction of sp³-hybridized carbons (Fsp3) is 0.625. The van der Waals surface area contributed by atoms with Crippen LogP contribution in [0.25, 0.3) is 0 Å². The van der Waals surface area contributed by atoms with Gasteiger partial charge in [0.25, 0.3) is 5.69 Å². The molecule has 0 amide bonds. The molecule has 5 heteroatoms. The molecule has 1 aliphatic rings. The maximum absolute atomic E-state index is 10.8. The standard InChI is InChI=1S/C16H24N2O3/c1-12-5-3-7-14(9-12)17(2)11-16(19)13-6-4-8-15(10-13)18(20)21/h4,6,8,10,12,14,16,19H,3,5,7,9,11H2,1-2H3. The van der Waals surface area contributed by atoms with E-state index in [9.17, 15) is 15.2 Å². The highest BCUT2D eigenvalue weighted by Gasteiger charge is 2.24. The van der Waals surface area contributed by atoms with Crippen molar-refractivity contribution < 1.29 is 10.0 Å². The van der Waals surface area contributed by atoms with Gasteiger partial charge in [0.2, 0.25) is 0 Å². The summed E-state index contributed by atoms with van der Waals surface area (Å²) in [6.07, 6.45) is 4.17. The van der Waals surface area contributed by atoms with Crippen LogP contribution in [-0.4, -0.2) is 34.6 Å². The zero-order valence-electron chi connectivity index (χ0n) is 12.7. The Morgan fingerprint density at radius 2 is 2.24 bits per heavy atom. The summed E-state index contributed by atoms with van der Waals surface area (Å²) in [7, 11) is 2.03. The Morgan fingerprint density at radius 1 is 1.48 bits per heavy atom. The van der Waals surface area contributed by atoms with Crippen molar-refractivity contribution in [2.75, 3.05) is 13.6 Å². The molecule has 2 rings (SSSR count). The summed E-state index contributed by atoms with van der Waals surface area (Å²) in [6.45, 7) is 2.79. The van der Waals surface area contributed by atoms with E-state index in [4.69, 9.17) is 0 Å². The van der Waals surface area contributed by atoms with E-state index in [1.165, 1.54) is 31.4 Å². The molecule has 21 heavy (non-hydrogen) atoms. The predicted molar refractivity (Wildman–Crippen MR) is 82.1 cm³/mol. The molecule has 1 aromatic rings. The fourth-order valence-electron chi connectivity index (χ4n) is 3.18. The number of benzene rings is 1. The lowest BCUT2D eigenvalue weighted by Crippen LogP contribution is -2.38. The monoisotopic (exact) mass is 292 g/mol. The van der Waals surface area contributed by atoms with E-state index in [0.717, 1.165) is 12.3 Å². The van der Waals surface area contributed by atoms with E-state index in [0.29, 0.717) is 18.2 Å². The summed E-state index contributed by atoms with van der Waals surface area (Å²) < 4.78 is 0. The smallest absolute Gasteiger partial charge is 0.269 e. The highest BCUT2D eigenvalue weighted by molar-refractivity contribution is 5.35. The molecule has 0 heterocycles. The number of nitro benzene ring substituents is 1. The number of hydrogen-bond donors (Lipinski definition) is 1. The SMILES string of the molecule is CC1CCCC(N(C)CC(O)c2cccc([N+](=O)[O-])c2)C1. The molecular formula is C16H24N2O3. The number of likely N-dealkylation sites (N-methyl/N-ethyl adjacent to an activating group) is 1. The third-order valence-corrected chi connectivity index (χ3v) is 4.46. The second-order valence-electron chi connectivity index (χ2n) is 6.23. The Kier molecular flexibility index (Phi) is 5.31. The Hall–Kier alpha value is -1.46. The maximum Gasteiger partial charge on any atom is 0.269 e. The molecule has 0 saturated heterocycles. The predicted octanol–water partition coefficient (Wildman–Crippen LogP) is 3.14. The van der Waals surface area contributed by atoms with Crippen LogP contribution < -0.4 is 0 Å². The van der Waals surface area contributed by atoms with E-state index in [2.05, 4.69) is 11.8 Å². The van der Waals surface area contributed by atoms with Gasteiger partial charge >= 0.3 is 0 Å². The molecule has 3 unspecified atom stereocenters. The van der Waals surface area contributed by atoms with Gasteiger partial charge in [0, 0.05) is 24.7 Å². The van der Waals surface area contributed by atoms with Crippen LogP contribution in [0.3, 0.4) is 0 Å². The minimum absolute atomic E-state index is 0.0282. The van der Waals surface area contributed by atoms with Gasteiger partial charge in [-0.25, -0.2) is 0 Å². The van der Waals surface area contributed by atoms with E-state index in [1.54, 1.807) is 12.1 Å². The molecule has 0 spiro atoms. The van der Waals surface area contributed by atoms with E-state index in [1.807, 2.05) is 7.05 Å². The summed E-state index contributed by atoms with van der Waals surface area (Å²) in [5.74, 6) is 0.737. The molecule has 116 valence electrons. The van der Waals surface area contributed by atoms with Crippen molar-refractivity contribution >= 4 is 5.69 Å². The summed E-state index contributed by atoms with van der Waals surface area (Å²) >= 11 is 0. The van der Waals surface area contributed by atoms with Crippen molar-refractivity contribution in [1.29, 1.82) is 0 Å². The van der Waals surface area contributed by atoms with Gasteiger partial charge in [0.1, 0.15) is 0 Å². The third-order valence-electron chi connectivity index (χ3n) is 4.46. The van der Waals surface area contributed by atoms with Crippen LogP contribution in [-0.2, 0) is 0 Å². The topological polar surface area (TPSA) is 66.6 Å². The Balaban J connectivity index is 1.98. The molecule has 0 radical (unpaired) electrons. The number of aliphatic hydroxyl groups is 1. The largest absolute Gasteiger partial charge is 0.387 e. The minimum atomic E-state index is -0.688. The van der Waals surface area contributed by atoms with Crippen LogP contribution in [0.1, 0.15) is 44.3 Å². The average Bonchev–Trinajstić information content (AvgIpc) is 2.47. The molecule has 1 fully saturated rings. The number of nitrogens with zero attached hydrogens (tertiary/aromatic N) is 2. The Labute approximate surface area is 125 Å². The number of aliphatic hydroxyl groups excluding tert-OH is 1. The minimum Gasteiger partial charge on any atom is -0.387 e. The van der Waals surface area contributed by atoms with Crippen LogP contribution in [0.2, 0.25) is 0 Å². The summed E-state index contributed by atoms with van der Waals surface area (Å²) in [4.78, 5) is 12.6. The second-order valence-corrected chi connectivity index (χ2v) is 6.23. The van der Waals surface area contributed by atoms with Crippen molar-refractivity contribution in [3.63, 3.8) is 0 Å². The molecule has 1 saturated carbocycles. The second kappa shape index (κ2) is 7.00. The van der Waals surface area contributed by atoms with E-state index < -0.39 is 11.0 Å². The van der Waals surface area contributed by atoms with Gasteiger partial charge in [0.15, 0.2) is 0 Å². The van der Waals surface area contributed by atoms with Crippen LogP contribution in [0.5, 0.6) is 0 Å². The molecule has 3 atom stereocenters. The van der Waals surface area contributed by atoms with Crippen LogP contribution in [0.4, 0.5) is 5.69 Å². The average molecular weight is 292 g/mol. The third kappa shape index (κ3) is 4.25. The quantitative estimate of drug-likeness (QED) is 0.669. The van der Waals surface area contributed by atoms with E-state index >= 15 is 0 Å².